The third-order valence-electron chi connectivity index (χ3n) is 4.89. The van der Waals surface area contributed by atoms with E-state index in [1.54, 1.807) is 9.80 Å². The fraction of sp³-hybridized carbons (Fsp3) is 0.526. The van der Waals surface area contributed by atoms with E-state index < -0.39 is 0 Å². The van der Waals surface area contributed by atoms with E-state index >= 15 is 0 Å². The monoisotopic (exact) mass is 359 g/mol. The van der Waals surface area contributed by atoms with Crippen molar-refractivity contribution in [2.75, 3.05) is 37.7 Å². The lowest BCUT2D eigenvalue weighted by atomic mass is 10.0. The van der Waals surface area contributed by atoms with E-state index in [4.69, 9.17) is 4.74 Å². The van der Waals surface area contributed by atoms with E-state index in [0.29, 0.717) is 38.7 Å². The van der Waals surface area contributed by atoms with Crippen LogP contribution in [-0.4, -0.2) is 55.6 Å². The quantitative estimate of drug-likeness (QED) is 0.839. The summed E-state index contributed by atoms with van der Waals surface area (Å²) in [6.07, 6.45) is -0.130. The van der Waals surface area contributed by atoms with Crippen LogP contribution in [0.15, 0.2) is 24.3 Å². The zero-order valence-corrected chi connectivity index (χ0v) is 15.2. The molecule has 7 heteroatoms. The molecule has 26 heavy (non-hydrogen) atoms. The minimum atomic E-state index is -0.363. The highest BCUT2D eigenvalue weighted by molar-refractivity contribution is 6.00. The maximum atomic E-state index is 12.3. The minimum absolute atomic E-state index is 0.0365. The van der Waals surface area contributed by atoms with Crippen molar-refractivity contribution in [3.63, 3.8) is 0 Å². The third-order valence-corrected chi connectivity index (χ3v) is 4.89. The van der Waals surface area contributed by atoms with Gasteiger partial charge in [-0.3, -0.25) is 9.59 Å². The Balaban J connectivity index is 1.51. The van der Waals surface area contributed by atoms with Crippen molar-refractivity contribution >= 4 is 23.6 Å². The molecule has 1 N–H and O–H groups in total. The Kier molecular flexibility index (Phi) is 5.44. The lowest BCUT2D eigenvalue weighted by Gasteiger charge is -2.18. The molecule has 2 aliphatic rings. The second-order valence-electron chi connectivity index (χ2n) is 7.04. The summed E-state index contributed by atoms with van der Waals surface area (Å²) in [6, 6.07) is 7.92. The average molecular weight is 359 g/mol. The average Bonchev–Trinajstić information content (AvgIpc) is 3.21. The second-order valence-corrected chi connectivity index (χ2v) is 7.04. The molecule has 2 heterocycles. The van der Waals surface area contributed by atoms with Crippen molar-refractivity contribution < 1.29 is 19.1 Å². The highest BCUT2D eigenvalue weighted by atomic mass is 16.6. The van der Waals surface area contributed by atoms with Gasteiger partial charge in [-0.25, -0.2) is 4.79 Å². The number of cyclic esters (lactones) is 1. The molecular weight excluding hydrogens is 334 g/mol. The predicted octanol–water partition coefficient (Wildman–Crippen LogP) is 1.73. The number of ether oxygens (including phenoxy) is 1. The molecule has 0 radical (unpaired) electrons. The van der Waals surface area contributed by atoms with Gasteiger partial charge in [-0.15, -0.1) is 0 Å². The van der Waals surface area contributed by atoms with Crippen molar-refractivity contribution in [3.05, 3.63) is 29.8 Å². The zero-order valence-electron chi connectivity index (χ0n) is 15.2. The lowest BCUT2D eigenvalue weighted by Crippen LogP contribution is -2.38. The van der Waals surface area contributed by atoms with E-state index in [0.717, 1.165) is 5.69 Å². The number of hydrogen-bond acceptors (Lipinski definition) is 4. The molecule has 0 spiro atoms. The number of amides is 3. The van der Waals surface area contributed by atoms with Gasteiger partial charge in [0.15, 0.2) is 0 Å². The molecule has 3 rings (SSSR count). The molecule has 0 saturated carbocycles. The van der Waals surface area contributed by atoms with Crippen LogP contribution in [0.5, 0.6) is 0 Å². The number of rotatable bonds is 6. The number of benzene rings is 1. The summed E-state index contributed by atoms with van der Waals surface area (Å²) in [6.45, 7) is 6.37. The molecule has 3 amide bonds. The summed E-state index contributed by atoms with van der Waals surface area (Å²) in [4.78, 5) is 39.2. The highest BCUT2D eigenvalue weighted by Gasteiger charge is 2.35. The Labute approximate surface area is 153 Å². The Bertz CT molecular complexity index is 687. The Morgan fingerprint density at radius 3 is 2.62 bits per heavy atom. The third kappa shape index (κ3) is 3.98. The number of nitrogens with one attached hydrogen (secondary N) is 1. The molecule has 2 fully saturated rings. The minimum Gasteiger partial charge on any atom is -0.448 e. The number of carbonyl (C=O) groups is 3. The molecule has 140 valence electrons. The van der Waals surface area contributed by atoms with Gasteiger partial charge in [0.25, 0.3) is 0 Å². The molecule has 0 aromatic heterocycles. The topological polar surface area (TPSA) is 79.0 Å². The zero-order chi connectivity index (χ0) is 18.7. The molecule has 0 aliphatic carbocycles. The van der Waals surface area contributed by atoms with E-state index in [9.17, 15) is 14.4 Å². The molecular formula is C19H25N3O4. The van der Waals surface area contributed by atoms with Gasteiger partial charge in [-0.1, -0.05) is 26.0 Å². The first-order chi connectivity index (χ1) is 12.5. The van der Waals surface area contributed by atoms with Crippen LogP contribution in [-0.2, 0) is 14.3 Å². The Morgan fingerprint density at radius 2 is 2.00 bits per heavy atom. The molecule has 0 bridgehead atoms. The number of anilines is 1. The van der Waals surface area contributed by atoms with E-state index in [-0.39, 0.29) is 30.2 Å². The summed E-state index contributed by atoms with van der Waals surface area (Å²) in [5, 5.41) is 2.82. The van der Waals surface area contributed by atoms with Crippen LogP contribution in [0, 0.1) is 5.92 Å². The second kappa shape index (κ2) is 7.76. The number of carbonyl (C=O) groups excluding carboxylic acids is 3. The molecule has 1 aromatic carbocycles. The van der Waals surface area contributed by atoms with Gasteiger partial charge in [0.05, 0.1) is 12.5 Å². The summed E-state index contributed by atoms with van der Waals surface area (Å²) in [5.41, 5.74) is 2.05. The van der Waals surface area contributed by atoms with Gasteiger partial charge >= 0.3 is 6.09 Å². The van der Waals surface area contributed by atoms with E-state index in [1.165, 1.54) is 5.56 Å². The first-order valence-corrected chi connectivity index (χ1v) is 9.05. The van der Waals surface area contributed by atoms with Crippen LogP contribution in [0.1, 0.15) is 31.7 Å². The molecule has 0 unspecified atom stereocenters. The van der Waals surface area contributed by atoms with Gasteiger partial charge in [-0.05, 0) is 23.6 Å². The Hall–Kier alpha value is -2.57. The largest absolute Gasteiger partial charge is 0.448 e. The summed E-state index contributed by atoms with van der Waals surface area (Å²) >= 11 is 0. The highest BCUT2D eigenvalue weighted by Crippen LogP contribution is 2.26. The Morgan fingerprint density at radius 1 is 1.27 bits per heavy atom. The van der Waals surface area contributed by atoms with E-state index in [1.807, 2.05) is 24.3 Å². The van der Waals surface area contributed by atoms with Gasteiger partial charge in [0.2, 0.25) is 11.8 Å². The van der Waals surface area contributed by atoms with Gasteiger partial charge in [-0.2, -0.15) is 0 Å². The summed E-state index contributed by atoms with van der Waals surface area (Å²) in [5.74, 6) is -0.111. The van der Waals surface area contributed by atoms with Crippen LogP contribution >= 0.6 is 0 Å². The first kappa shape index (κ1) is 18.2. The smallest absolute Gasteiger partial charge is 0.409 e. The maximum Gasteiger partial charge on any atom is 0.409 e. The summed E-state index contributed by atoms with van der Waals surface area (Å²) < 4.78 is 4.85. The van der Waals surface area contributed by atoms with Crippen molar-refractivity contribution in [3.8, 4) is 0 Å². The fourth-order valence-corrected chi connectivity index (χ4v) is 3.26. The van der Waals surface area contributed by atoms with Crippen LogP contribution in [0.4, 0.5) is 10.5 Å². The molecule has 2 saturated heterocycles. The molecule has 1 aromatic rings. The fourth-order valence-electron chi connectivity index (χ4n) is 3.26. The van der Waals surface area contributed by atoms with Gasteiger partial charge in [0, 0.05) is 31.7 Å². The summed E-state index contributed by atoms with van der Waals surface area (Å²) in [7, 11) is 0. The maximum absolute atomic E-state index is 12.3. The van der Waals surface area contributed by atoms with Crippen molar-refractivity contribution in [2.24, 2.45) is 5.92 Å². The van der Waals surface area contributed by atoms with Gasteiger partial charge in [0.1, 0.15) is 6.61 Å². The van der Waals surface area contributed by atoms with Crippen molar-refractivity contribution in [1.82, 2.24) is 10.2 Å². The van der Waals surface area contributed by atoms with Gasteiger partial charge < -0.3 is 19.9 Å². The normalized spacial score (nSPS) is 20.0. The van der Waals surface area contributed by atoms with E-state index in [2.05, 4.69) is 19.2 Å². The first-order valence-electron chi connectivity index (χ1n) is 9.05. The lowest BCUT2D eigenvalue weighted by molar-refractivity contribution is -0.126. The van der Waals surface area contributed by atoms with Crippen molar-refractivity contribution in [2.45, 2.75) is 26.2 Å². The van der Waals surface area contributed by atoms with Crippen molar-refractivity contribution in [1.29, 1.82) is 0 Å². The van der Waals surface area contributed by atoms with Crippen LogP contribution in [0.2, 0.25) is 0 Å². The standard InChI is InChI=1S/C19H25N3O4/c1-13(2)14-3-5-16(6-4-14)22-12-15(11-17(22)23)18(24)20-7-8-21-9-10-26-19(21)25/h3-6,13,15H,7-12H2,1-2H3,(H,20,24)/t15-/m1/s1. The SMILES string of the molecule is CC(C)c1ccc(N2C[C@H](C(=O)NCCN3CCOC3=O)CC2=O)cc1. The molecule has 2 aliphatic heterocycles. The van der Waals surface area contributed by atoms with Crippen LogP contribution in [0.3, 0.4) is 0 Å². The van der Waals surface area contributed by atoms with Crippen LogP contribution < -0.4 is 10.2 Å². The van der Waals surface area contributed by atoms with Crippen LogP contribution in [0.25, 0.3) is 0 Å². The molecule has 7 nitrogen and oxygen atoms in total. The number of nitrogens with zero attached hydrogens (tertiary/aromatic N) is 2. The molecule has 1 atom stereocenters. The predicted molar refractivity (Wildman–Crippen MR) is 96.9 cm³/mol. The number of hydrogen-bond donors (Lipinski definition) is 1.